The number of hydrogen-bond donors (Lipinski definition) is 3. The minimum atomic E-state index is -0.720. The van der Waals surface area contributed by atoms with Crippen molar-refractivity contribution in [3.63, 3.8) is 0 Å². The topological polar surface area (TPSA) is 111 Å². The summed E-state index contributed by atoms with van der Waals surface area (Å²) in [7, 11) is 0. The first-order valence-corrected chi connectivity index (χ1v) is 15.7. The van der Waals surface area contributed by atoms with Gasteiger partial charge in [0.15, 0.2) is 0 Å². The van der Waals surface area contributed by atoms with Crippen LogP contribution < -0.4 is 10.6 Å². The third-order valence-electron chi connectivity index (χ3n) is 9.22. The fourth-order valence-electron chi connectivity index (χ4n) is 7.43. The van der Waals surface area contributed by atoms with Gasteiger partial charge in [0.05, 0.1) is 42.4 Å². The predicted octanol–water partition coefficient (Wildman–Crippen LogP) is 1.50. The monoisotopic (exact) mass is 572 g/mol. The highest BCUT2D eigenvalue weighted by Gasteiger charge is 2.76. The molecule has 0 aliphatic carbocycles. The van der Waals surface area contributed by atoms with Gasteiger partial charge in [-0.05, 0) is 30.2 Å². The molecule has 0 radical (unpaired) electrons. The minimum Gasteiger partial charge on any atom is -0.394 e. The highest BCUT2D eigenvalue weighted by Crippen LogP contribution is 2.68. The molecule has 1 aromatic rings. The molecule has 5 rings (SSSR count). The van der Waals surface area contributed by atoms with Crippen molar-refractivity contribution in [1.82, 2.24) is 20.4 Å². The average molecular weight is 573 g/mol. The Morgan fingerprint density at radius 2 is 1.88 bits per heavy atom. The second-order valence-corrected chi connectivity index (χ2v) is 13.8. The summed E-state index contributed by atoms with van der Waals surface area (Å²) in [4.78, 5) is 46.0. The SMILES string of the molecule is CC(C)C[C@H](CO)N1C(=O)[C@@H]2[C@@H](C(=O)NCc3ccccc3)[C@H]3CC(C)C2(S3)C1C(=O)NCCN1CCOCC1. The molecule has 3 amide bonds. The van der Waals surface area contributed by atoms with Gasteiger partial charge in [0.2, 0.25) is 17.7 Å². The fraction of sp³-hybridized carbons (Fsp3) is 0.700. The van der Waals surface area contributed by atoms with Crippen LogP contribution in [0, 0.1) is 23.7 Å². The maximum absolute atomic E-state index is 14.3. The number of fused-ring (bicyclic) bond motifs is 1. The molecule has 4 saturated heterocycles. The van der Waals surface area contributed by atoms with Gasteiger partial charge in [-0.2, -0.15) is 0 Å². The Labute approximate surface area is 241 Å². The molecule has 10 heteroatoms. The Bertz CT molecular complexity index is 1070. The highest BCUT2D eigenvalue weighted by molar-refractivity contribution is 8.02. The van der Waals surface area contributed by atoms with Gasteiger partial charge in [0, 0.05) is 38.0 Å². The standard InChI is InChI=1S/C30H44N4O5S/c1-19(2)15-22(18-35)34-26(28(37)31-9-10-33-11-13-39-14-12-33)30-20(3)16-23(40-30)24(25(30)29(34)38)27(36)32-17-21-7-5-4-6-8-21/h4-8,19-20,22-26,35H,9-18H2,1-3H3,(H,31,37)(H,32,36)/t20?,22-,23-,24+,25+,26?,30?/m1/s1. The quantitative estimate of drug-likeness (QED) is 0.369. The number of carbonyl (C=O) groups excluding carboxylic acids is 3. The molecule has 2 bridgehead atoms. The van der Waals surface area contributed by atoms with Crippen LogP contribution in [0.15, 0.2) is 30.3 Å². The normalized spacial score (nSPS) is 32.4. The van der Waals surface area contributed by atoms with Gasteiger partial charge in [0.1, 0.15) is 6.04 Å². The van der Waals surface area contributed by atoms with Gasteiger partial charge < -0.3 is 25.4 Å². The molecule has 7 atom stereocenters. The van der Waals surface area contributed by atoms with Crippen molar-refractivity contribution < 1.29 is 24.2 Å². The lowest BCUT2D eigenvalue weighted by Crippen LogP contribution is -2.59. The molecule has 220 valence electrons. The van der Waals surface area contributed by atoms with Gasteiger partial charge in [-0.15, -0.1) is 11.8 Å². The molecule has 9 nitrogen and oxygen atoms in total. The first-order valence-electron chi connectivity index (χ1n) is 14.8. The first-order chi connectivity index (χ1) is 19.3. The van der Waals surface area contributed by atoms with Crippen LogP contribution in [-0.2, 0) is 25.7 Å². The smallest absolute Gasteiger partial charge is 0.244 e. The average Bonchev–Trinajstić information content (AvgIpc) is 3.55. The number of thioether (sulfide) groups is 1. The van der Waals surface area contributed by atoms with Gasteiger partial charge in [-0.1, -0.05) is 51.1 Å². The van der Waals surface area contributed by atoms with Crippen molar-refractivity contribution in [2.24, 2.45) is 23.7 Å². The lowest BCUT2D eigenvalue weighted by atomic mass is 9.66. The van der Waals surface area contributed by atoms with Crippen LogP contribution in [0.2, 0.25) is 0 Å². The zero-order chi connectivity index (χ0) is 28.4. The summed E-state index contributed by atoms with van der Waals surface area (Å²) < 4.78 is 4.75. The molecule has 0 saturated carbocycles. The molecule has 4 fully saturated rings. The minimum absolute atomic E-state index is 0.0109. The summed E-state index contributed by atoms with van der Waals surface area (Å²) in [5, 5.41) is 16.7. The second-order valence-electron chi connectivity index (χ2n) is 12.2. The summed E-state index contributed by atoms with van der Waals surface area (Å²) in [5.41, 5.74) is 1.00. The van der Waals surface area contributed by atoms with E-state index in [2.05, 4.69) is 36.3 Å². The molecule has 4 aliphatic heterocycles. The lowest BCUT2D eigenvalue weighted by Gasteiger charge is -2.40. The summed E-state index contributed by atoms with van der Waals surface area (Å²) in [6.45, 7) is 10.7. The predicted molar refractivity (Wildman–Crippen MR) is 154 cm³/mol. The van der Waals surface area contributed by atoms with Gasteiger partial charge >= 0.3 is 0 Å². The molecule has 3 unspecified atom stereocenters. The van der Waals surface area contributed by atoms with Gasteiger partial charge in [-0.3, -0.25) is 19.3 Å². The summed E-state index contributed by atoms with van der Waals surface area (Å²) in [6.07, 6.45) is 1.38. The van der Waals surface area contributed by atoms with E-state index in [4.69, 9.17) is 4.74 Å². The molecular formula is C30H44N4O5S. The van der Waals surface area contributed by atoms with E-state index in [0.29, 0.717) is 32.7 Å². The summed E-state index contributed by atoms with van der Waals surface area (Å²) in [6, 6.07) is 8.57. The third kappa shape index (κ3) is 5.40. The van der Waals surface area contributed by atoms with E-state index in [0.717, 1.165) is 31.6 Å². The van der Waals surface area contributed by atoms with E-state index in [1.165, 1.54) is 0 Å². The van der Waals surface area contributed by atoms with Crippen molar-refractivity contribution in [1.29, 1.82) is 0 Å². The van der Waals surface area contributed by atoms with Crippen LogP contribution in [0.1, 0.15) is 39.2 Å². The number of amides is 3. The van der Waals surface area contributed by atoms with Crippen LogP contribution in [-0.4, -0.2) is 101 Å². The van der Waals surface area contributed by atoms with Crippen molar-refractivity contribution in [3.8, 4) is 0 Å². The number of ether oxygens (including phenoxy) is 1. The van der Waals surface area contributed by atoms with Crippen LogP contribution in [0.5, 0.6) is 0 Å². The van der Waals surface area contributed by atoms with Crippen molar-refractivity contribution >= 4 is 29.5 Å². The number of aliphatic hydroxyl groups is 1. The number of morpholine rings is 1. The van der Waals surface area contributed by atoms with Crippen LogP contribution in [0.25, 0.3) is 0 Å². The maximum atomic E-state index is 14.3. The summed E-state index contributed by atoms with van der Waals surface area (Å²) in [5.74, 6) is -1.20. The molecular weight excluding hydrogens is 528 g/mol. The van der Waals surface area contributed by atoms with E-state index >= 15 is 0 Å². The fourth-order valence-corrected chi connectivity index (χ4v) is 9.84. The Morgan fingerprint density at radius 1 is 1.15 bits per heavy atom. The van der Waals surface area contributed by atoms with Crippen LogP contribution in [0.4, 0.5) is 0 Å². The van der Waals surface area contributed by atoms with Gasteiger partial charge in [-0.25, -0.2) is 0 Å². The van der Waals surface area contributed by atoms with E-state index in [1.807, 2.05) is 30.3 Å². The lowest BCUT2D eigenvalue weighted by molar-refractivity contribution is -0.143. The van der Waals surface area contributed by atoms with Crippen molar-refractivity contribution in [2.45, 2.75) is 62.2 Å². The molecule has 40 heavy (non-hydrogen) atoms. The van der Waals surface area contributed by atoms with Crippen LogP contribution >= 0.6 is 11.8 Å². The zero-order valence-electron chi connectivity index (χ0n) is 23.9. The molecule has 1 aromatic carbocycles. The number of likely N-dealkylation sites (tertiary alicyclic amines) is 1. The largest absolute Gasteiger partial charge is 0.394 e. The number of rotatable bonds is 11. The molecule has 3 N–H and O–H groups in total. The number of nitrogens with zero attached hydrogens (tertiary/aromatic N) is 2. The van der Waals surface area contributed by atoms with E-state index < -0.39 is 28.7 Å². The highest BCUT2D eigenvalue weighted by atomic mass is 32.2. The molecule has 0 aromatic heterocycles. The molecule has 4 aliphatic rings. The molecule has 1 spiro atoms. The zero-order valence-corrected chi connectivity index (χ0v) is 24.7. The van der Waals surface area contributed by atoms with E-state index in [1.54, 1.807) is 16.7 Å². The summed E-state index contributed by atoms with van der Waals surface area (Å²) >= 11 is 1.68. The Kier molecular flexibility index (Phi) is 9.09. The number of aliphatic hydroxyl groups excluding tert-OH is 1. The van der Waals surface area contributed by atoms with E-state index in [9.17, 15) is 19.5 Å². The van der Waals surface area contributed by atoms with Crippen molar-refractivity contribution in [2.75, 3.05) is 46.0 Å². The van der Waals surface area contributed by atoms with E-state index in [-0.39, 0.29) is 41.4 Å². The number of carbonyl (C=O) groups is 3. The Morgan fingerprint density at radius 3 is 2.55 bits per heavy atom. The first kappa shape index (κ1) is 29.4. The Balaban J connectivity index is 1.40. The van der Waals surface area contributed by atoms with Crippen LogP contribution in [0.3, 0.4) is 0 Å². The number of hydrogen-bond acceptors (Lipinski definition) is 7. The third-order valence-corrected chi connectivity index (χ3v) is 11.3. The number of nitrogens with one attached hydrogen (secondary N) is 2. The maximum Gasteiger partial charge on any atom is 0.244 e. The van der Waals surface area contributed by atoms with Gasteiger partial charge in [0.25, 0.3) is 0 Å². The Hall–Kier alpha value is -2.14. The second kappa shape index (κ2) is 12.4. The number of benzene rings is 1. The van der Waals surface area contributed by atoms with Crippen molar-refractivity contribution in [3.05, 3.63) is 35.9 Å². The molecule has 4 heterocycles.